The lowest BCUT2D eigenvalue weighted by Gasteiger charge is -2.16. The Morgan fingerprint density at radius 2 is 2.00 bits per heavy atom. The van der Waals surface area contributed by atoms with Crippen LogP contribution in [0.4, 0.5) is 0 Å². The van der Waals surface area contributed by atoms with Crippen molar-refractivity contribution in [2.75, 3.05) is 32.3 Å². The second-order valence-electron chi connectivity index (χ2n) is 9.30. The number of rotatable bonds is 12. The molecule has 2 aromatic carbocycles. The first-order chi connectivity index (χ1) is 18.1. The molecule has 10 heteroatoms. The Labute approximate surface area is 222 Å². The van der Waals surface area contributed by atoms with Crippen LogP contribution in [0.5, 0.6) is 23.1 Å². The van der Waals surface area contributed by atoms with Crippen LogP contribution >= 0.6 is 0 Å². The van der Waals surface area contributed by atoms with E-state index in [0.717, 1.165) is 27.8 Å². The molecule has 0 radical (unpaired) electrons. The van der Waals surface area contributed by atoms with Gasteiger partial charge in [0.25, 0.3) is 0 Å². The average molecular weight is 542 g/mol. The number of fused-ring (bicyclic) bond motifs is 1. The minimum atomic E-state index is -3.02. The van der Waals surface area contributed by atoms with Crippen LogP contribution in [0.15, 0.2) is 48.7 Å². The molecule has 1 aliphatic rings. The molecule has 1 aliphatic heterocycles. The van der Waals surface area contributed by atoms with E-state index < -0.39 is 15.8 Å². The van der Waals surface area contributed by atoms with E-state index >= 15 is 0 Å². The number of carbonyl (C=O) groups is 1. The van der Waals surface area contributed by atoms with Gasteiger partial charge in [-0.15, -0.1) is 0 Å². The van der Waals surface area contributed by atoms with Gasteiger partial charge in [-0.2, -0.15) is 0 Å². The molecule has 1 atom stereocenters. The van der Waals surface area contributed by atoms with Crippen molar-refractivity contribution in [2.45, 2.75) is 32.3 Å². The van der Waals surface area contributed by atoms with Crippen LogP contribution in [0.25, 0.3) is 11.1 Å². The van der Waals surface area contributed by atoms with Gasteiger partial charge in [0.15, 0.2) is 0 Å². The van der Waals surface area contributed by atoms with E-state index in [1.165, 1.54) is 6.26 Å². The lowest BCUT2D eigenvalue weighted by Crippen LogP contribution is -2.08. The summed E-state index contributed by atoms with van der Waals surface area (Å²) in [6, 6.07) is 13.3. The lowest BCUT2D eigenvalue weighted by molar-refractivity contribution is -0.137. The maximum atomic E-state index is 11.3. The number of carboxylic acid groups (broad SMARTS) is 1. The number of benzene rings is 2. The summed E-state index contributed by atoms with van der Waals surface area (Å²) in [6.45, 7) is 2.86. The van der Waals surface area contributed by atoms with Gasteiger partial charge in [0, 0.05) is 41.6 Å². The number of carboxylic acids is 1. The Morgan fingerprint density at radius 3 is 2.74 bits per heavy atom. The third-order valence-electron chi connectivity index (χ3n) is 6.19. The van der Waals surface area contributed by atoms with Crippen molar-refractivity contribution in [2.24, 2.45) is 0 Å². The van der Waals surface area contributed by atoms with E-state index in [-0.39, 0.29) is 24.7 Å². The largest absolute Gasteiger partial charge is 0.496 e. The molecule has 38 heavy (non-hydrogen) atoms. The second-order valence-corrected chi connectivity index (χ2v) is 11.6. The van der Waals surface area contributed by atoms with Crippen molar-refractivity contribution in [1.82, 2.24) is 4.98 Å². The molecule has 0 saturated carbocycles. The van der Waals surface area contributed by atoms with Gasteiger partial charge in [-0.25, -0.2) is 13.4 Å². The molecule has 2 heterocycles. The minimum Gasteiger partial charge on any atom is -0.496 e. The van der Waals surface area contributed by atoms with Gasteiger partial charge >= 0.3 is 5.97 Å². The first-order valence-electron chi connectivity index (χ1n) is 12.2. The van der Waals surface area contributed by atoms with Crippen molar-refractivity contribution >= 4 is 15.8 Å². The van der Waals surface area contributed by atoms with Gasteiger partial charge < -0.3 is 24.1 Å². The standard InChI is InChI=1S/C28H31NO8S/c1-18-10-22(35-8-5-9-38(3,32)33)13-25(34-2)28(18)20-7-4-6-19(11-20)16-37-26-14-24-23(15-29-26)21(17-36-24)12-27(30)31/h4,6-7,10-11,13-15,21H,5,8-9,12,16-17H2,1-3H3,(H,30,31). The van der Waals surface area contributed by atoms with Gasteiger partial charge in [0.1, 0.15) is 33.7 Å². The average Bonchev–Trinajstić information content (AvgIpc) is 3.25. The van der Waals surface area contributed by atoms with Gasteiger partial charge in [-0.1, -0.05) is 18.2 Å². The summed E-state index contributed by atoms with van der Waals surface area (Å²) in [5.41, 5.74) is 4.54. The van der Waals surface area contributed by atoms with E-state index in [1.54, 1.807) is 25.4 Å². The van der Waals surface area contributed by atoms with Crippen LogP contribution in [0.1, 0.15) is 35.4 Å². The molecular formula is C28H31NO8S. The highest BCUT2D eigenvalue weighted by atomic mass is 32.2. The van der Waals surface area contributed by atoms with Crippen LogP contribution in [-0.2, 0) is 21.2 Å². The topological polar surface area (TPSA) is 121 Å². The molecule has 3 aromatic rings. The van der Waals surface area contributed by atoms with Gasteiger partial charge in [0.05, 0.1) is 32.5 Å². The number of hydrogen-bond acceptors (Lipinski definition) is 8. The number of nitrogens with zero attached hydrogens (tertiary/aromatic N) is 1. The van der Waals surface area contributed by atoms with E-state index in [9.17, 15) is 13.2 Å². The van der Waals surface area contributed by atoms with E-state index in [2.05, 4.69) is 4.98 Å². The molecule has 202 valence electrons. The lowest BCUT2D eigenvalue weighted by atomic mass is 9.97. The summed E-state index contributed by atoms with van der Waals surface area (Å²) in [5.74, 6) is 1.27. The smallest absolute Gasteiger partial charge is 0.304 e. The fraction of sp³-hybridized carbons (Fsp3) is 0.357. The van der Waals surface area contributed by atoms with Crippen molar-refractivity contribution < 1.29 is 37.3 Å². The number of hydrogen-bond donors (Lipinski definition) is 1. The summed E-state index contributed by atoms with van der Waals surface area (Å²) >= 11 is 0. The molecule has 1 N–H and O–H groups in total. The highest BCUT2D eigenvalue weighted by Crippen LogP contribution is 2.38. The first-order valence-corrected chi connectivity index (χ1v) is 14.2. The molecule has 9 nitrogen and oxygen atoms in total. The Kier molecular flexibility index (Phi) is 8.41. The molecule has 0 fully saturated rings. The zero-order chi connectivity index (χ0) is 27.3. The quantitative estimate of drug-likeness (QED) is 0.332. The van der Waals surface area contributed by atoms with Crippen molar-refractivity contribution in [3.63, 3.8) is 0 Å². The van der Waals surface area contributed by atoms with Crippen LogP contribution < -0.4 is 18.9 Å². The van der Waals surface area contributed by atoms with Crippen molar-refractivity contribution in [3.8, 4) is 34.3 Å². The molecule has 1 unspecified atom stereocenters. The number of ether oxygens (including phenoxy) is 4. The van der Waals surface area contributed by atoms with E-state index in [1.807, 2.05) is 37.3 Å². The van der Waals surface area contributed by atoms with E-state index in [4.69, 9.17) is 24.1 Å². The molecule has 0 aliphatic carbocycles. The molecule has 0 saturated heterocycles. The Hall–Kier alpha value is -3.79. The zero-order valence-electron chi connectivity index (χ0n) is 21.6. The van der Waals surface area contributed by atoms with Crippen LogP contribution in [0, 0.1) is 6.92 Å². The van der Waals surface area contributed by atoms with Crippen LogP contribution in [-0.4, -0.2) is 56.8 Å². The molecule has 0 bridgehead atoms. The molecule has 0 spiro atoms. The van der Waals surface area contributed by atoms with Gasteiger partial charge in [-0.3, -0.25) is 4.79 Å². The number of sulfone groups is 1. The highest BCUT2D eigenvalue weighted by Gasteiger charge is 2.27. The number of aromatic nitrogens is 1. The number of methoxy groups -OCH3 is 1. The normalized spacial score (nSPS) is 14.4. The van der Waals surface area contributed by atoms with Crippen LogP contribution in [0.2, 0.25) is 0 Å². The fourth-order valence-electron chi connectivity index (χ4n) is 4.42. The highest BCUT2D eigenvalue weighted by molar-refractivity contribution is 7.90. The zero-order valence-corrected chi connectivity index (χ0v) is 22.4. The van der Waals surface area contributed by atoms with Gasteiger partial charge in [-0.05, 0) is 42.2 Å². The number of pyridine rings is 1. The van der Waals surface area contributed by atoms with Crippen molar-refractivity contribution in [3.05, 3.63) is 65.4 Å². The van der Waals surface area contributed by atoms with E-state index in [0.29, 0.717) is 42.8 Å². The third kappa shape index (κ3) is 6.95. The third-order valence-corrected chi connectivity index (χ3v) is 7.22. The van der Waals surface area contributed by atoms with Crippen molar-refractivity contribution in [1.29, 1.82) is 0 Å². The molecular weight excluding hydrogens is 510 g/mol. The Balaban J connectivity index is 1.45. The fourth-order valence-corrected chi connectivity index (χ4v) is 5.06. The Bertz CT molecular complexity index is 1420. The number of aliphatic carboxylic acids is 1. The maximum Gasteiger partial charge on any atom is 0.304 e. The summed E-state index contributed by atoms with van der Waals surface area (Å²) in [7, 11) is -1.42. The predicted molar refractivity (Wildman–Crippen MR) is 142 cm³/mol. The predicted octanol–water partition coefficient (Wildman–Crippen LogP) is 4.41. The number of aryl methyl sites for hydroxylation is 1. The van der Waals surface area contributed by atoms with Crippen LogP contribution in [0.3, 0.4) is 0 Å². The van der Waals surface area contributed by atoms with Gasteiger partial charge in [0.2, 0.25) is 5.88 Å². The summed E-state index contributed by atoms with van der Waals surface area (Å²) < 4.78 is 45.6. The summed E-state index contributed by atoms with van der Waals surface area (Å²) in [4.78, 5) is 15.4. The minimum absolute atomic E-state index is 0.000837. The summed E-state index contributed by atoms with van der Waals surface area (Å²) in [6.07, 6.45) is 3.25. The second kappa shape index (κ2) is 11.7. The first kappa shape index (κ1) is 27.3. The SMILES string of the molecule is COc1cc(OCCCS(C)(=O)=O)cc(C)c1-c1cccc(COc2cc3c(cn2)C(CC(=O)O)CO3)c1. The Morgan fingerprint density at radius 1 is 1.18 bits per heavy atom. The molecule has 1 aromatic heterocycles. The maximum absolute atomic E-state index is 11.3. The monoisotopic (exact) mass is 541 g/mol. The molecule has 0 amide bonds. The molecule has 4 rings (SSSR count). The summed E-state index contributed by atoms with van der Waals surface area (Å²) in [5, 5.41) is 9.07.